The molecule has 0 saturated carbocycles. The first-order valence-electron chi connectivity index (χ1n) is 7.38. The Morgan fingerprint density at radius 1 is 1.08 bits per heavy atom. The molecule has 25 heavy (non-hydrogen) atoms. The SMILES string of the molecule is O=C(CSc1ccc(-c2ccc(Cl)cc2)nn1)Nc1cccc(F)c1. The number of nitrogens with one attached hydrogen (secondary N) is 1. The zero-order chi connectivity index (χ0) is 17.6. The third kappa shape index (κ3) is 5.01. The summed E-state index contributed by atoms with van der Waals surface area (Å²) in [6.45, 7) is 0. The summed E-state index contributed by atoms with van der Waals surface area (Å²) in [6, 6.07) is 16.7. The van der Waals surface area contributed by atoms with Crippen LogP contribution in [-0.4, -0.2) is 21.9 Å². The lowest BCUT2D eigenvalue weighted by atomic mass is 10.1. The van der Waals surface area contributed by atoms with Crippen LogP contribution in [0.4, 0.5) is 10.1 Å². The van der Waals surface area contributed by atoms with Gasteiger partial charge < -0.3 is 5.32 Å². The molecule has 0 saturated heterocycles. The van der Waals surface area contributed by atoms with E-state index in [9.17, 15) is 9.18 Å². The minimum atomic E-state index is -0.394. The average molecular weight is 374 g/mol. The molecular weight excluding hydrogens is 361 g/mol. The van der Waals surface area contributed by atoms with Crippen LogP contribution in [0.5, 0.6) is 0 Å². The van der Waals surface area contributed by atoms with E-state index in [-0.39, 0.29) is 11.7 Å². The first kappa shape index (κ1) is 17.4. The number of anilines is 1. The van der Waals surface area contributed by atoms with Gasteiger partial charge in [-0.2, -0.15) is 0 Å². The van der Waals surface area contributed by atoms with Crippen LogP contribution in [-0.2, 0) is 4.79 Å². The minimum absolute atomic E-state index is 0.158. The quantitative estimate of drug-likeness (QED) is 0.660. The molecule has 1 N–H and O–H groups in total. The van der Waals surface area contributed by atoms with Crippen molar-refractivity contribution < 1.29 is 9.18 Å². The Hall–Kier alpha value is -2.44. The molecule has 0 bridgehead atoms. The number of hydrogen-bond donors (Lipinski definition) is 1. The second-order valence-electron chi connectivity index (χ2n) is 5.11. The van der Waals surface area contributed by atoms with E-state index < -0.39 is 5.82 Å². The Kier molecular flexibility index (Phi) is 5.63. The van der Waals surface area contributed by atoms with E-state index in [1.54, 1.807) is 30.3 Å². The summed E-state index contributed by atoms with van der Waals surface area (Å²) < 4.78 is 13.1. The molecule has 2 aromatic carbocycles. The number of rotatable bonds is 5. The molecule has 3 aromatic rings. The summed E-state index contributed by atoms with van der Waals surface area (Å²) in [4.78, 5) is 11.9. The molecule has 0 aliphatic rings. The molecule has 0 aliphatic carbocycles. The van der Waals surface area contributed by atoms with Crippen LogP contribution in [0.2, 0.25) is 5.02 Å². The van der Waals surface area contributed by atoms with E-state index >= 15 is 0 Å². The second-order valence-corrected chi connectivity index (χ2v) is 6.54. The van der Waals surface area contributed by atoms with Crippen LogP contribution in [0.3, 0.4) is 0 Å². The predicted octanol–water partition coefficient (Wildman–Crippen LogP) is 4.67. The van der Waals surface area contributed by atoms with Crippen molar-refractivity contribution in [1.29, 1.82) is 0 Å². The Bertz CT molecular complexity index is 872. The van der Waals surface area contributed by atoms with Gasteiger partial charge in [-0.3, -0.25) is 4.79 Å². The number of nitrogens with zero attached hydrogens (tertiary/aromatic N) is 2. The van der Waals surface area contributed by atoms with Crippen LogP contribution < -0.4 is 5.32 Å². The first-order valence-corrected chi connectivity index (χ1v) is 8.74. The van der Waals surface area contributed by atoms with Crippen LogP contribution in [0.1, 0.15) is 0 Å². The maximum atomic E-state index is 13.1. The smallest absolute Gasteiger partial charge is 0.234 e. The third-order valence-electron chi connectivity index (χ3n) is 3.24. The van der Waals surface area contributed by atoms with Crippen LogP contribution in [0.15, 0.2) is 65.7 Å². The average Bonchev–Trinajstić information content (AvgIpc) is 2.61. The molecule has 0 aliphatic heterocycles. The van der Waals surface area contributed by atoms with Crippen molar-refractivity contribution in [3.8, 4) is 11.3 Å². The van der Waals surface area contributed by atoms with Gasteiger partial charge in [0, 0.05) is 16.3 Å². The van der Waals surface area contributed by atoms with Crippen molar-refractivity contribution >= 4 is 35.0 Å². The van der Waals surface area contributed by atoms with E-state index in [4.69, 9.17) is 11.6 Å². The summed E-state index contributed by atoms with van der Waals surface area (Å²) in [5.41, 5.74) is 2.07. The zero-order valence-electron chi connectivity index (χ0n) is 12.9. The fraction of sp³-hybridized carbons (Fsp3) is 0.0556. The van der Waals surface area contributed by atoms with Crippen molar-refractivity contribution in [3.63, 3.8) is 0 Å². The zero-order valence-corrected chi connectivity index (χ0v) is 14.5. The van der Waals surface area contributed by atoms with Crippen molar-refractivity contribution in [2.45, 2.75) is 5.03 Å². The minimum Gasteiger partial charge on any atom is -0.325 e. The molecule has 0 spiro atoms. The molecule has 126 valence electrons. The predicted molar refractivity (Wildman–Crippen MR) is 98.2 cm³/mol. The summed E-state index contributed by atoms with van der Waals surface area (Å²) in [6.07, 6.45) is 0. The van der Waals surface area contributed by atoms with Gasteiger partial charge in [-0.15, -0.1) is 10.2 Å². The summed E-state index contributed by atoms with van der Waals surface area (Å²) in [5.74, 6) is -0.473. The summed E-state index contributed by atoms with van der Waals surface area (Å²) in [5, 5.41) is 12.2. The molecule has 0 unspecified atom stereocenters. The van der Waals surface area contributed by atoms with E-state index in [1.807, 2.05) is 18.2 Å². The third-order valence-corrected chi connectivity index (χ3v) is 4.41. The van der Waals surface area contributed by atoms with Gasteiger partial charge in [0.25, 0.3) is 0 Å². The van der Waals surface area contributed by atoms with Gasteiger partial charge in [0.15, 0.2) is 0 Å². The highest BCUT2D eigenvalue weighted by atomic mass is 35.5. The van der Waals surface area contributed by atoms with Crippen LogP contribution >= 0.6 is 23.4 Å². The van der Waals surface area contributed by atoms with Gasteiger partial charge in [0.05, 0.1) is 11.4 Å². The van der Waals surface area contributed by atoms with Gasteiger partial charge in [0.2, 0.25) is 5.91 Å². The van der Waals surface area contributed by atoms with Gasteiger partial charge >= 0.3 is 0 Å². The number of carbonyl (C=O) groups is 1. The largest absolute Gasteiger partial charge is 0.325 e. The van der Waals surface area contributed by atoms with Crippen LogP contribution in [0.25, 0.3) is 11.3 Å². The lowest BCUT2D eigenvalue weighted by Gasteiger charge is -2.05. The maximum Gasteiger partial charge on any atom is 0.234 e. The molecule has 0 fully saturated rings. The first-order chi connectivity index (χ1) is 12.1. The van der Waals surface area contributed by atoms with Crippen molar-refractivity contribution in [2.75, 3.05) is 11.1 Å². The lowest BCUT2D eigenvalue weighted by molar-refractivity contribution is -0.113. The highest BCUT2D eigenvalue weighted by Crippen LogP contribution is 2.21. The molecule has 0 atom stereocenters. The monoisotopic (exact) mass is 373 g/mol. The summed E-state index contributed by atoms with van der Waals surface area (Å²) >= 11 is 7.12. The van der Waals surface area contributed by atoms with E-state index in [0.29, 0.717) is 15.7 Å². The Morgan fingerprint density at radius 2 is 1.88 bits per heavy atom. The van der Waals surface area contributed by atoms with Crippen LogP contribution in [0, 0.1) is 5.82 Å². The Labute approximate surface area is 153 Å². The number of amides is 1. The maximum absolute atomic E-state index is 13.1. The molecule has 4 nitrogen and oxygen atoms in total. The molecule has 1 heterocycles. The number of thioether (sulfide) groups is 1. The molecule has 0 radical (unpaired) electrons. The fourth-order valence-corrected chi connectivity index (χ4v) is 2.81. The molecule has 7 heteroatoms. The van der Waals surface area contributed by atoms with Crippen molar-refractivity contribution in [3.05, 3.63) is 71.5 Å². The van der Waals surface area contributed by atoms with Gasteiger partial charge in [0.1, 0.15) is 10.8 Å². The van der Waals surface area contributed by atoms with Gasteiger partial charge in [-0.25, -0.2) is 4.39 Å². The van der Waals surface area contributed by atoms with Gasteiger partial charge in [-0.1, -0.05) is 41.6 Å². The second kappa shape index (κ2) is 8.09. The number of aromatic nitrogens is 2. The standard InChI is InChI=1S/C18H13ClFN3OS/c19-13-6-4-12(5-7-13)16-8-9-18(23-22-16)25-11-17(24)21-15-3-1-2-14(20)10-15/h1-10H,11H2,(H,21,24). The van der Waals surface area contributed by atoms with E-state index in [1.165, 1.54) is 23.9 Å². The summed E-state index contributed by atoms with van der Waals surface area (Å²) in [7, 11) is 0. The highest BCUT2D eigenvalue weighted by molar-refractivity contribution is 7.99. The number of carbonyl (C=O) groups excluding carboxylic acids is 1. The molecule has 1 aromatic heterocycles. The normalized spacial score (nSPS) is 10.5. The van der Waals surface area contributed by atoms with Gasteiger partial charge in [-0.05, 0) is 42.5 Å². The Morgan fingerprint density at radius 3 is 2.56 bits per heavy atom. The molecular formula is C18H13ClFN3OS. The van der Waals surface area contributed by atoms with Crippen molar-refractivity contribution in [1.82, 2.24) is 10.2 Å². The fourth-order valence-electron chi connectivity index (χ4n) is 2.07. The number of hydrogen-bond acceptors (Lipinski definition) is 4. The number of benzene rings is 2. The lowest BCUT2D eigenvalue weighted by Crippen LogP contribution is -2.14. The number of halogens is 2. The van der Waals surface area contributed by atoms with E-state index in [0.717, 1.165) is 11.3 Å². The molecule has 3 rings (SSSR count). The topological polar surface area (TPSA) is 54.9 Å². The van der Waals surface area contributed by atoms with Crippen molar-refractivity contribution in [2.24, 2.45) is 0 Å². The highest BCUT2D eigenvalue weighted by Gasteiger charge is 2.07. The van der Waals surface area contributed by atoms with E-state index in [2.05, 4.69) is 15.5 Å². The molecule has 1 amide bonds. The Balaban J connectivity index is 1.56.